The maximum absolute atomic E-state index is 11.2. The number of rotatable bonds is 6. The first kappa shape index (κ1) is 13.5. The van der Waals surface area contributed by atoms with Crippen molar-refractivity contribution in [1.29, 1.82) is 0 Å². The fourth-order valence-corrected chi connectivity index (χ4v) is 2.54. The van der Waals surface area contributed by atoms with Gasteiger partial charge in [0, 0.05) is 17.4 Å². The predicted octanol–water partition coefficient (Wildman–Crippen LogP) is 2.15. The highest BCUT2D eigenvalue weighted by Crippen LogP contribution is 2.25. The molecule has 1 rings (SSSR count). The molecule has 0 amide bonds. The number of hydrogen-bond acceptors (Lipinski definition) is 4. The van der Waals surface area contributed by atoms with E-state index in [1.54, 1.807) is 13.0 Å². The Hall–Kier alpha value is -0.520. The van der Waals surface area contributed by atoms with Gasteiger partial charge in [0.25, 0.3) is 0 Å². The minimum atomic E-state index is -2.91. The second-order valence-electron chi connectivity index (χ2n) is 3.63. The highest BCUT2D eigenvalue weighted by molar-refractivity contribution is 7.91. The number of sulfone groups is 1. The molecule has 0 aliphatic carbocycles. The zero-order chi connectivity index (χ0) is 12.2. The average molecular weight is 266 g/mol. The lowest BCUT2D eigenvalue weighted by molar-refractivity contribution is 0.553. The standard InChI is InChI=1S/C10H16ClNO3S/c1-2-16(13,14)7-3-4-9(12)8-5-6-15-10(8)11/h5-6,9H,2-4,7,12H2,1H3. The van der Waals surface area contributed by atoms with E-state index in [0.717, 1.165) is 5.56 Å². The van der Waals surface area contributed by atoms with Crippen LogP contribution < -0.4 is 5.73 Å². The van der Waals surface area contributed by atoms with Crippen molar-refractivity contribution in [3.8, 4) is 0 Å². The molecular weight excluding hydrogens is 250 g/mol. The number of furan rings is 1. The third kappa shape index (κ3) is 3.81. The van der Waals surface area contributed by atoms with Crippen molar-refractivity contribution in [2.45, 2.75) is 25.8 Å². The van der Waals surface area contributed by atoms with Gasteiger partial charge >= 0.3 is 0 Å². The molecule has 0 radical (unpaired) electrons. The molecule has 1 atom stereocenters. The molecule has 1 heterocycles. The summed E-state index contributed by atoms with van der Waals surface area (Å²) < 4.78 is 27.4. The van der Waals surface area contributed by atoms with Crippen LogP contribution in [0.2, 0.25) is 5.22 Å². The van der Waals surface area contributed by atoms with E-state index in [1.165, 1.54) is 6.26 Å². The van der Waals surface area contributed by atoms with E-state index in [-0.39, 0.29) is 22.8 Å². The molecule has 0 aromatic carbocycles. The maximum Gasteiger partial charge on any atom is 0.197 e. The van der Waals surface area contributed by atoms with E-state index >= 15 is 0 Å². The molecular formula is C10H16ClNO3S. The van der Waals surface area contributed by atoms with Crippen molar-refractivity contribution < 1.29 is 12.8 Å². The van der Waals surface area contributed by atoms with Crippen LogP contribution in [0.1, 0.15) is 31.4 Å². The normalized spacial score (nSPS) is 13.9. The molecule has 0 aliphatic heterocycles. The minimum absolute atomic E-state index is 0.173. The summed E-state index contributed by atoms with van der Waals surface area (Å²) in [6, 6.07) is 1.44. The Labute approximate surface area is 101 Å². The minimum Gasteiger partial charge on any atom is -0.453 e. The zero-order valence-electron chi connectivity index (χ0n) is 9.15. The van der Waals surface area contributed by atoms with Gasteiger partial charge in [-0.3, -0.25) is 0 Å². The first-order valence-corrected chi connectivity index (χ1v) is 7.35. The topological polar surface area (TPSA) is 73.3 Å². The number of nitrogens with two attached hydrogens (primary N) is 1. The third-order valence-electron chi connectivity index (χ3n) is 2.46. The van der Waals surface area contributed by atoms with E-state index in [0.29, 0.717) is 12.8 Å². The van der Waals surface area contributed by atoms with Crippen LogP contribution in [-0.4, -0.2) is 19.9 Å². The smallest absolute Gasteiger partial charge is 0.197 e. The van der Waals surface area contributed by atoms with Gasteiger partial charge in [0.2, 0.25) is 0 Å². The Morgan fingerprint density at radius 1 is 1.56 bits per heavy atom. The largest absolute Gasteiger partial charge is 0.453 e. The summed E-state index contributed by atoms with van der Waals surface area (Å²) in [5, 5.41) is 0.283. The molecule has 6 heteroatoms. The molecule has 16 heavy (non-hydrogen) atoms. The van der Waals surface area contributed by atoms with Gasteiger partial charge in [-0.15, -0.1) is 0 Å². The number of halogens is 1. The SMILES string of the molecule is CCS(=O)(=O)CCCC(N)c1ccoc1Cl. The van der Waals surface area contributed by atoms with Gasteiger partial charge in [-0.05, 0) is 30.5 Å². The molecule has 1 aromatic heterocycles. The van der Waals surface area contributed by atoms with E-state index < -0.39 is 9.84 Å². The zero-order valence-corrected chi connectivity index (χ0v) is 10.7. The first-order valence-electron chi connectivity index (χ1n) is 5.15. The second kappa shape index (κ2) is 5.70. The lowest BCUT2D eigenvalue weighted by Crippen LogP contribution is -2.14. The van der Waals surface area contributed by atoms with Crippen LogP contribution in [0.4, 0.5) is 0 Å². The van der Waals surface area contributed by atoms with Gasteiger partial charge in [0.15, 0.2) is 5.22 Å². The van der Waals surface area contributed by atoms with Crippen LogP contribution >= 0.6 is 11.6 Å². The summed E-state index contributed by atoms with van der Waals surface area (Å²) >= 11 is 5.77. The van der Waals surface area contributed by atoms with Crippen molar-refractivity contribution in [1.82, 2.24) is 0 Å². The average Bonchev–Trinajstić information content (AvgIpc) is 2.64. The Morgan fingerprint density at radius 2 is 2.25 bits per heavy atom. The Morgan fingerprint density at radius 3 is 2.75 bits per heavy atom. The second-order valence-corrected chi connectivity index (χ2v) is 6.45. The predicted molar refractivity (Wildman–Crippen MR) is 64.2 cm³/mol. The van der Waals surface area contributed by atoms with E-state index in [4.69, 9.17) is 21.8 Å². The van der Waals surface area contributed by atoms with Gasteiger partial charge < -0.3 is 10.2 Å². The summed E-state index contributed by atoms with van der Waals surface area (Å²) in [7, 11) is -2.91. The molecule has 0 saturated carbocycles. The maximum atomic E-state index is 11.2. The lowest BCUT2D eigenvalue weighted by atomic mass is 10.1. The molecule has 1 aromatic rings. The summed E-state index contributed by atoms with van der Waals surface area (Å²) in [4.78, 5) is 0. The lowest BCUT2D eigenvalue weighted by Gasteiger charge is -2.09. The molecule has 0 fully saturated rings. The van der Waals surface area contributed by atoms with Crippen LogP contribution in [0.25, 0.3) is 0 Å². The van der Waals surface area contributed by atoms with Crippen LogP contribution in [0.15, 0.2) is 16.7 Å². The third-order valence-corrected chi connectivity index (χ3v) is 4.55. The molecule has 2 N–H and O–H groups in total. The molecule has 0 spiro atoms. The van der Waals surface area contributed by atoms with Crippen molar-refractivity contribution >= 4 is 21.4 Å². The molecule has 0 bridgehead atoms. The fourth-order valence-electron chi connectivity index (χ4n) is 1.39. The van der Waals surface area contributed by atoms with Gasteiger partial charge in [0.1, 0.15) is 9.84 Å². The van der Waals surface area contributed by atoms with Crippen LogP contribution in [0.5, 0.6) is 0 Å². The monoisotopic (exact) mass is 265 g/mol. The van der Waals surface area contributed by atoms with Crippen molar-refractivity contribution in [3.05, 3.63) is 23.1 Å². The fraction of sp³-hybridized carbons (Fsp3) is 0.600. The van der Waals surface area contributed by atoms with Crippen molar-refractivity contribution in [3.63, 3.8) is 0 Å². The summed E-state index contributed by atoms with van der Waals surface area (Å²) in [5.41, 5.74) is 6.60. The highest BCUT2D eigenvalue weighted by atomic mass is 35.5. The Kier molecular flexibility index (Phi) is 4.83. The van der Waals surface area contributed by atoms with Gasteiger partial charge in [0.05, 0.1) is 12.0 Å². The van der Waals surface area contributed by atoms with E-state index in [2.05, 4.69) is 0 Å². The summed E-state index contributed by atoms with van der Waals surface area (Å²) in [6.07, 6.45) is 2.59. The summed E-state index contributed by atoms with van der Waals surface area (Å²) in [5.74, 6) is 0.349. The van der Waals surface area contributed by atoms with Gasteiger partial charge in [-0.2, -0.15) is 0 Å². The quantitative estimate of drug-likeness (QED) is 0.855. The van der Waals surface area contributed by atoms with Crippen LogP contribution in [0.3, 0.4) is 0 Å². The van der Waals surface area contributed by atoms with Gasteiger partial charge in [-0.1, -0.05) is 6.92 Å². The first-order chi connectivity index (χ1) is 7.46. The Bertz CT molecular complexity index is 427. The molecule has 1 unspecified atom stereocenters. The van der Waals surface area contributed by atoms with E-state index in [1.807, 2.05) is 0 Å². The van der Waals surface area contributed by atoms with E-state index in [9.17, 15) is 8.42 Å². The number of hydrogen-bond donors (Lipinski definition) is 1. The van der Waals surface area contributed by atoms with Crippen molar-refractivity contribution in [2.75, 3.05) is 11.5 Å². The van der Waals surface area contributed by atoms with Crippen LogP contribution in [-0.2, 0) is 9.84 Å². The molecule has 0 saturated heterocycles. The molecule has 4 nitrogen and oxygen atoms in total. The molecule has 92 valence electrons. The van der Waals surface area contributed by atoms with Gasteiger partial charge in [-0.25, -0.2) is 8.42 Å². The summed E-state index contributed by atoms with van der Waals surface area (Å²) in [6.45, 7) is 1.64. The van der Waals surface area contributed by atoms with Crippen LogP contribution in [0, 0.1) is 0 Å². The Balaban J connectivity index is 2.43. The molecule has 0 aliphatic rings. The highest BCUT2D eigenvalue weighted by Gasteiger charge is 2.14. The van der Waals surface area contributed by atoms with Crippen molar-refractivity contribution in [2.24, 2.45) is 5.73 Å².